The van der Waals surface area contributed by atoms with Crippen LogP contribution in [0.5, 0.6) is 0 Å². The molecular formula is C13H19N3O2S. The Hall–Kier alpha value is -1.40. The summed E-state index contributed by atoms with van der Waals surface area (Å²) in [6.45, 7) is 3.33. The first-order valence-corrected chi connectivity index (χ1v) is 7.74. The lowest BCUT2D eigenvalue weighted by Crippen LogP contribution is -2.08. The summed E-state index contributed by atoms with van der Waals surface area (Å²) in [6.07, 6.45) is 2.14. The molecule has 0 saturated heterocycles. The number of unbranched alkanes of at least 4 members (excludes halogenated alkanes) is 1. The highest BCUT2D eigenvalue weighted by molar-refractivity contribution is 7.84. The van der Waals surface area contributed by atoms with Gasteiger partial charge in [0.25, 0.3) is 0 Å². The zero-order chi connectivity index (χ0) is 13.7. The Morgan fingerprint density at radius 2 is 2.26 bits per heavy atom. The highest BCUT2D eigenvalue weighted by atomic mass is 32.2. The molecule has 1 heterocycles. The van der Waals surface area contributed by atoms with E-state index in [1.165, 1.54) is 0 Å². The molecule has 0 amide bonds. The van der Waals surface area contributed by atoms with Gasteiger partial charge in [0.05, 0.1) is 34.2 Å². The molecule has 3 N–H and O–H groups in total. The zero-order valence-corrected chi connectivity index (χ0v) is 11.8. The van der Waals surface area contributed by atoms with E-state index >= 15 is 0 Å². The van der Waals surface area contributed by atoms with Crippen molar-refractivity contribution in [3.8, 4) is 0 Å². The fourth-order valence-electron chi connectivity index (χ4n) is 1.69. The molecule has 1 aromatic carbocycles. The number of benzene rings is 1. The maximum absolute atomic E-state index is 12.0. The Morgan fingerprint density at radius 1 is 1.42 bits per heavy atom. The lowest BCUT2D eigenvalue weighted by atomic mass is 10.3. The molecular weight excluding hydrogens is 262 g/mol. The van der Waals surface area contributed by atoms with E-state index in [9.17, 15) is 4.21 Å². The van der Waals surface area contributed by atoms with Crippen molar-refractivity contribution in [3.05, 3.63) is 18.2 Å². The SMILES string of the molecule is CCCCOCCS(=O)c1nc2ccc(N)cc2[nH]1. The third-order valence-electron chi connectivity index (χ3n) is 2.76. The number of fused-ring (bicyclic) bond motifs is 1. The molecule has 5 nitrogen and oxygen atoms in total. The summed E-state index contributed by atoms with van der Waals surface area (Å²) in [5.41, 5.74) is 7.95. The minimum atomic E-state index is -1.16. The summed E-state index contributed by atoms with van der Waals surface area (Å²) < 4.78 is 17.4. The number of hydrogen-bond donors (Lipinski definition) is 2. The summed E-state index contributed by atoms with van der Waals surface area (Å²) in [5.74, 6) is 0.457. The van der Waals surface area contributed by atoms with Crippen LogP contribution in [0.2, 0.25) is 0 Å². The maximum atomic E-state index is 12.0. The standard InChI is InChI=1S/C13H19N3O2S/c1-2-3-6-18-7-8-19(17)13-15-11-5-4-10(14)9-12(11)16-13/h4-5,9H,2-3,6-8,14H2,1H3,(H,15,16). The second kappa shape index (κ2) is 6.68. The van der Waals surface area contributed by atoms with E-state index < -0.39 is 10.8 Å². The number of rotatable bonds is 7. The van der Waals surface area contributed by atoms with Gasteiger partial charge >= 0.3 is 0 Å². The predicted molar refractivity (Wildman–Crippen MR) is 77.5 cm³/mol. The van der Waals surface area contributed by atoms with Gasteiger partial charge in [-0.2, -0.15) is 0 Å². The van der Waals surface area contributed by atoms with E-state index in [-0.39, 0.29) is 0 Å². The molecule has 1 unspecified atom stereocenters. The first-order valence-electron chi connectivity index (χ1n) is 6.42. The van der Waals surface area contributed by atoms with E-state index in [2.05, 4.69) is 16.9 Å². The minimum Gasteiger partial charge on any atom is -0.399 e. The van der Waals surface area contributed by atoms with Crippen molar-refractivity contribution < 1.29 is 8.95 Å². The van der Waals surface area contributed by atoms with Crippen molar-refractivity contribution in [1.29, 1.82) is 0 Å². The van der Waals surface area contributed by atoms with Gasteiger partial charge < -0.3 is 15.5 Å². The predicted octanol–water partition coefficient (Wildman–Crippen LogP) is 2.07. The van der Waals surface area contributed by atoms with Crippen LogP contribution in [0.3, 0.4) is 0 Å². The van der Waals surface area contributed by atoms with Gasteiger partial charge in [-0.3, -0.25) is 4.21 Å². The number of nitrogens with two attached hydrogens (primary N) is 1. The quantitative estimate of drug-likeness (QED) is 0.601. The Bertz CT molecular complexity index is 568. The third-order valence-corrected chi connectivity index (χ3v) is 3.92. The molecule has 0 saturated carbocycles. The minimum absolute atomic E-state index is 0.457. The molecule has 6 heteroatoms. The Balaban J connectivity index is 1.94. The van der Waals surface area contributed by atoms with E-state index in [0.717, 1.165) is 30.5 Å². The van der Waals surface area contributed by atoms with Crippen molar-refractivity contribution in [2.45, 2.75) is 24.9 Å². The lowest BCUT2D eigenvalue weighted by molar-refractivity contribution is 0.146. The van der Waals surface area contributed by atoms with Crippen LogP contribution in [-0.2, 0) is 15.5 Å². The Kier molecular flexibility index (Phi) is 4.93. The average Bonchev–Trinajstić information content (AvgIpc) is 2.81. The summed E-state index contributed by atoms with van der Waals surface area (Å²) in [5, 5.41) is 0.486. The molecule has 0 aliphatic carbocycles. The van der Waals surface area contributed by atoms with Crippen LogP contribution in [0.15, 0.2) is 23.4 Å². The van der Waals surface area contributed by atoms with Crippen molar-refractivity contribution in [3.63, 3.8) is 0 Å². The molecule has 2 rings (SSSR count). The Labute approximate surface area is 115 Å². The number of ether oxygens (including phenoxy) is 1. The van der Waals surface area contributed by atoms with Crippen molar-refractivity contribution in [2.75, 3.05) is 24.7 Å². The van der Waals surface area contributed by atoms with Crippen LogP contribution in [0.25, 0.3) is 11.0 Å². The summed E-state index contributed by atoms with van der Waals surface area (Å²) in [7, 11) is -1.16. The van der Waals surface area contributed by atoms with Crippen molar-refractivity contribution >= 4 is 27.5 Å². The van der Waals surface area contributed by atoms with Gasteiger partial charge in [-0.15, -0.1) is 0 Å². The van der Waals surface area contributed by atoms with Gasteiger partial charge in [0.1, 0.15) is 0 Å². The lowest BCUT2D eigenvalue weighted by Gasteiger charge is -2.01. The fraction of sp³-hybridized carbons (Fsp3) is 0.462. The first kappa shape index (κ1) is 14.0. The summed E-state index contributed by atoms with van der Waals surface area (Å²) in [6, 6.07) is 5.39. The molecule has 2 aromatic rings. The number of imidazole rings is 1. The van der Waals surface area contributed by atoms with E-state index in [4.69, 9.17) is 10.5 Å². The van der Waals surface area contributed by atoms with E-state index in [1.807, 2.05) is 6.07 Å². The first-order chi connectivity index (χ1) is 9.20. The van der Waals surface area contributed by atoms with Crippen LogP contribution in [0, 0.1) is 0 Å². The fourth-order valence-corrected chi connectivity index (χ4v) is 2.58. The normalized spacial score (nSPS) is 12.9. The van der Waals surface area contributed by atoms with Crippen LogP contribution in [-0.4, -0.2) is 33.1 Å². The number of H-pyrrole nitrogens is 1. The molecule has 1 aromatic heterocycles. The van der Waals surface area contributed by atoms with E-state index in [0.29, 0.717) is 23.2 Å². The molecule has 0 radical (unpaired) electrons. The number of aromatic nitrogens is 2. The Morgan fingerprint density at radius 3 is 3.05 bits per heavy atom. The highest BCUT2D eigenvalue weighted by Gasteiger charge is 2.09. The highest BCUT2D eigenvalue weighted by Crippen LogP contribution is 2.16. The smallest absolute Gasteiger partial charge is 0.197 e. The van der Waals surface area contributed by atoms with E-state index in [1.54, 1.807) is 12.1 Å². The summed E-state index contributed by atoms with van der Waals surface area (Å²) in [4.78, 5) is 7.34. The molecule has 19 heavy (non-hydrogen) atoms. The van der Waals surface area contributed by atoms with Gasteiger partial charge in [0.2, 0.25) is 0 Å². The van der Waals surface area contributed by atoms with Gasteiger partial charge in [0, 0.05) is 12.3 Å². The molecule has 104 valence electrons. The van der Waals surface area contributed by atoms with Crippen molar-refractivity contribution in [2.24, 2.45) is 0 Å². The third kappa shape index (κ3) is 3.78. The number of nitrogens with zero attached hydrogens (tertiary/aromatic N) is 1. The number of nitrogens with one attached hydrogen (secondary N) is 1. The van der Waals surface area contributed by atoms with Gasteiger partial charge in [-0.25, -0.2) is 4.98 Å². The van der Waals surface area contributed by atoms with Crippen LogP contribution < -0.4 is 5.73 Å². The van der Waals surface area contributed by atoms with Gasteiger partial charge in [-0.05, 0) is 24.6 Å². The monoisotopic (exact) mass is 281 g/mol. The van der Waals surface area contributed by atoms with Crippen molar-refractivity contribution in [1.82, 2.24) is 9.97 Å². The summed E-state index contributed by atoms with van der Waals surface area (Å²) >= 11 is 0. The molecule has 0 fully saturated rings. The molecule has 0 bridgehead atoms. The largest absolute Gasteiger partial charge is 0.399 e. The van der Waals surface area contributed by atoms with Crippen LogP contribution in [0.1, 0.15) is 19.8 Å². The maximum Gasteiger partial charge on any atom is 0.197 e. The van der Waals surface area contributed by atoms with Gasteiger partial charge in [0.15, 0.2) is 5.16 Å². The second-order valence-corrected chi connectivity index (χ2v) is 5.82. The topological polar surface area (TPSA) is 81.0 Å². The zero-order valence-electron chi connectivity index (χ0n) is 11.0. The molecule has 0 aliphatic rings. The number of nitrogen functional groups attached to an aromatic ring is 1. The number of hydrogen-bond acceptors (Lipinski definition) is 4. The average molecular weight is 281 g/mol. The molecule has 0 aliphatic heterocycles. The number of aromatic amines is 1. The molecule has 1 atom stereocenters. The van der Waals surface area contributed by atoms with Crippen LogP contribution in [0.4, 0.5) is 5.69 Å². The second-order valence-electron chi connectivity index (χ2n) is 4.33. The number of anilines is 1. The van der Waals surface area contributed by atoms with Gasteiger partial charge in [-0.1, -0.05) is 13.3 Å². The molecule has 0 spiro atoms. The van der Waals surface area contributed by atoms with Crippen LogP contribution >= 0.6 is 0 Å².